The molecule has 1 aromatic rings. The number of nitrogens with two attached hydrogens (primary N) is 1. The summed E-state index contributed by atoms with van der Waals surface area (Å²) in [5.41, 5.74) is 6.12. The largest absolute Gasteiger partial charge is 0.497 e. The summed E-state index contributed by atoms with van der Waals surface area (Å²) in [6, 6.07) is 4.57. The minimum atomic E-state index is -0.514. The van der Waals surface area contributed by atoms with Gasteiger partial charge in [-0.15, -0.1) is 0 Å². The van der Waals surface area contributed by atoms with Gasteiger partial charge in [0.2, 0.25) is 5.91 Å². The molecule has 0 bridgehead atoms. The Morgan fingerprint density at radius 2 is 1.48 bits per heavy atom. The summed E-state index contributed by atoms with van der Waals surface area (Å²) in [7, 11) is 3.09. The van der Waals surface area contributed by atoms with E-state index in [0.29, 0.717) is 43.2 Å². The van der Waals surface area contributed by atoms with Gasteiger partial charge in [-0.25, -0.2) is 0 Å². The van der Waals surface area contributed by atoms with Gasteiger partial charge in [-0.3, -0.25) is 9.59 Å². The lowest BCUT2D eigenvalue weighted by molar-refractivity contribution is -0.133. The van der Waals surface area contributed by atoms with E-state index < -0.39 is 6.04 Å². The lowest BCUT2D eigenvalue weighted by atomic mass is 10.1. The zero-order valence-electron chi connectivity index (χ0n) is 13.7. The van der Waals surface area contributed by atoms with Crippen LogP contribution in [0, 0.1) is 0 Å². The predicted molar refractivity (Wildman–Crippen MR) is 85.7 cm³/mol. The van der Waals surface area contributed by atoms with Gasteiger partial charge < -0.3 is 25.0 Å². The zero-order chi connectivity index (χ0) is 17.0. The minimum Gasteiger partial charge on any atom is -0.497 e. The molecule has 2 amide bonds. The summed E-state index contributed by atoms with van der Waals surface area (Å²) in [4.78, 5) is 27.9. The van der Waals surface area contributed by atoms with Crippen LogP contribution in [0.2, 0.25) is 0 Å². The first-order chi connectivity index (χ1) is 11.0. The first kappa shape index (κ1) is 17.1. The van der Waals surface area contributed by atoms with Crippen LogP contribution >= 0.6 is 0 Å². The van der Waals surface area contributed by atoms with Gasteiger partial charge in [0.05, 0.1) is 20.3 Å². The number of hydrogen-bond acceptors (Lipinski definition) is 5. The number of amides is 2. The summed E-state index contributed by atoms with van der Waals surface area (Å²) >= 11 is 0. The average Bonchev–Trinajstić information content (AvgIpc) is 2.59. The molecule has 1 aromatic carbocycles. The predicted octanol–water partition coefficient (Wildman–Crippen LogP) is 0.335. The van der Waals surface area contributed by atoms with Gasteiger partial charge in [0.1, 0.15) is 11.5 Å². The van der Waals surface area contributed by atoms with Crippen LogP contribution in [0.5, 0.6) is 11.5 Å². The van der Waals surface area contributed by atoms with Crippen molar-refractivity contribution in [3.63, 3.8) is 0 Å². The first-order valence-corrected chi connectivity index (χ1v) is 7.53. The molecule has 0 radical (unpaired) electrons. The van der Waals surface area contributed by atoms with E-state index in [4.69, 9.17) is 15.2 Å². The van der Waals surface area contributed by atoms with E-state index in [1.807, 2.05) is 0 Å². The molecule has 2 N–H and O–H groups in total. The summed E-state index contributed by atoms with van der Waals surface area (Å²) in [6.45, 7) is 3.62. The van der Waals surface area contributed by atoms with E-state index in [9.17, 15) is 9.59 Å². The fourth-order valence-electron chi connectivity index (χ4n) is 2.53. The molecule has 1 fully saturated rings. The van der Waals surface area contributed by atoms with Gasteiger partial charge in [0.25, 0.3) is 5.91 Å². The van der Waals surface area contributed by atoms with E-state index in [0.717, 1.165) is 0 Å². The monoisotopic (exact) mass is 321 g/mol. The third kappa shape index (κ3) is 3.92. The Bertz CT molecular complexity index is 558. The highest BCUT2D eigenvalue weighted by Gasteiger charge is 2.26. The third-order valence-corrected chi connectivity index (χ3v) is 3.87. The smallest absolute Gasteiger partial charge is 0.254 e. The number of rotatable bonds is 4. The molecule has 1 saturated heterocycles. The summed E-state index contributed by atoms with van der Waals surface area (Å²) in [5.74, 6) is 0.951. The van der Waals surface area contributed by atoms with Gasteiger partial charge in [0.15, 0.2) is 0 Å². The minimum absolute atomic E-state index is 0.0832. The highest BCUT2D eigenvalue weighted by atomic mass is 16.5. The van der Waals surface area contributed by atoms with E-state index in [-0.39, 0.29) is 11.8 Å². The molecule has 1 heterocycles. The summed E-state index contributed by atoms with van der Waals surface area (Å²) in [5, 5.41) is 0. The van der Waals surface area contributed by atoms with Crippen LogP contribution in [0.1, 0.15) is 17.3 Å². The Morgan fingerprint density at radius 1 is 1.00 bits per heavy atom. The molecule has 0 unspecified atom stereocenters. The van der Waals surface area contributed by atoms with Crippen LogP contribution in [0.4, 0.5) is 0 Å². The Morgan fingerprint density at radius 3 is 1.91 bits per heavy atom. The second kappa shape index (κ2) is 7.32. The summed E-state index contributed by atoms with van der Waals surface area (Å²) in [6.07, 6.45) is 0. The Balaban J connectivity index is 2.06. The Labute approximate surface area is 135 Å². The third-order valence-electron chi connectivity index (χ3n) is 3.87. The van der Waals surface area contributed by atoms with Crippen molar-refractivity contribution >= 4 is 11.8 Å². The van der Waals surface area contributed by atoms with E-state index in [1.165, 1.54) is 0 Å². The number of benzene rings is 1. The lowest BCUT2D eigenvalue weighted by Crippen LogP contribution is -2.53. The summed E-state index contributed by atoms with van der Waals surface area (Å²) < 4.78 is 10.4. The van der Waals surface area contributed by atoms with Crippen molar-refractivity contribution in [1.82, 2.24) is 9.80 Å². The molecule has 1 aliphatic rings. The number of nitrogens with zero attached hydrogens (tertiary/aromatic N) is 2. The zero-order valence-corrected chi connectivity index (χ0v) is 13.7. The standard InChI is InChI=1S/C16H23N3O4/c1-11(17)15(20)18-4-6-19(7-5-18)16(21)12-8-13(22-2)10-14(9-12)23-3/h8-11H,4-7,17H2,1-3H3/t11-/m1/s1. The van der Waals surface area contributed by atoms with Crippen molar-refractivity contribution in [3.8, 4) is 11.5 Å². The van der Waals surface area contributed by atoms with E-state index >= 15 is 0 Å². The van der Waals surface area contributed by atoms with Crippen LogP contribution in [0.3, 0.4) is 0 Å². The van der Waals surface area contributed by atoms with Crippen molar-refractivity contribution in [2.24, 2.45) is 5.73 Å². The van der Waals surface area contributed by atoms with E-state index in [1.54, 1.807) is 49.1 Å². The van der Waals surface area contributed by atoms with Gasteiger partial charge >= 0.3 is 0 Å². The van der Waals surface area contributed by atoms with Crippen molar-refractivity contribution < 1.29 is 19.1 Å². The first-order valence-electron chi connectivity index (χ1n) is 7.53. The van der Waals surface area contributed by atoms with Crippen LogP contribution in [0.25, 0.3) is 0 Å². The molecule has 2 rings (SSSR count). The second-order valence-electron chi connectivity index (χ2n) is 5.51. The average molecular weight is 321 g/mol. The number of hydrogen-bond donors (Lipinski definition) is 1. The molecule has 0 aliphatic carbocycles. The molecule has 1 atom stereocenters. The van der Waals surface area contributed by atoms with Gasteiger partial charge in [-0.1, -0.05) is 0 Å². The highest BCUT2D eigenvalue weighted by molar-refractivity contribution is 5.95. The quantitative estimate of drug-likeness (QED) is 0.864. The molecule has 23 heavy (non-hydrogen) atoms. The SMILES string of the molecule is COc1cc(OC)cc(C(=O)N2CCN(C(=O)[C@@H](C)N)CC2)c1. The van der Waals surface area contributed by atoms with Gasteiger partial charge in [-0.05, 0) is 19.1 Å². The number of carbonyl (C=O) groups excluding carboxylic acids is 2. The maximum atomic E-state index is 12.6. The normalized spacial score (nSPS) is 16.0. The molecule has 0 spiro atoms. The maximum Gasteiger partial charge on any atom is 0.254 e. The molecule has 7 heteroatoms. The van der Waals surface area contributed by atoms with Crippen LogP contribution in [-0.2, 0) is 4.79 Å². The Kier molecular flexibility index (Phi) is 5.44. The van der Waals surface area contributed by atoms with Crippen molar-refractivity contribution in [3.05, 3.63) is 23.8 Å². The molecule has 0 saturated carbocycles. The molecular formula is C16H23N3O4. The molecule has 1 aliphatic heterocycles. The van der Waals surface area contributed by atoms with Crippen LogP contribution in [-0.4, -0.2) is 68.1 Å². The molecule has 0 aromatic heterocycles. The number of piperazine rings is 1. The fourth-order valence-corrected chi connectivity index (χ4v) is 2.53. The van der Waals surface area contributed by atoms with Crippen LogP contribution < -0.4 is 15.2 Å². The topological polar surface area (TPSA) is 85.1 Å². The number of carbonyl (C=O) groups is 2. The number of methoxy groups -OCH3 is 2. The van der Waals surface area contributed by atoms with Crippen molar-refractivity contribution in [1.29, 1.82) is 0 Å². The Hall–Kier alpha value is -2.28. The molecular weight excluding hydrogens is 298 g/mol. The van der Waals surface area contributed by atoms with Gasteiger partial charge in [-0.2, -0.15) is 0 Å². The van der Waals surface area contributed by atoms with Crippen molar-refractivity contribution in [2.75, 3.05) is 40.4 Å². The maximum absolute atomic E-state index is 12.6. The molecule has 126 valence electrons. The van der Waals surface area contributed by atoms with Crippen LogP contribution in [0.15, 0.2) is 18.2 Å². The number of ether oxygens (including phenoxy) is 2. The fraction of sp³-hybridized carbons (Fsp3) is 0.500. The lowest BCUT2D eigenvalue weighted by Gasteiger charge is -2.35. The van der Waals surface area contributed by atoms with E-state index in [2.05, 4.69) is 0 Å². The van der Waals surface area contributed by atoms with Crippen molar-refractivity contribution in [2.45, 2.75) is 13.0 Å². The molecule has 7 nitrogen and oxygen atoms in total. The van der Waals surface area contributed by atoms with Gasteiger partial charge in [0, 0.05) is 37.8 Å². The second-order valence-corrected chi connectivity index (χ2v) is 5.51. The highest BCUT2D eigenvalue weighted by Crippen LogP contribution is 2.23.